The van der Waals surface area contributed by atoms with Gasteiger partial charge in [-0.3, -0.25) is 4.79 Å². The largest absolute Gasteiger partial charge is 0.481 e. The van der Waals surface area contributed by atoms with Gasteiger partial charge in [-0.2, -0.15) is 13.2 Å². The van der Waals surface area contributed by atoms with Gasteiger partial charge in [0.25, 0.3) is 0 Å². The molecule has 1 N–H and O–H groups in total. The van der Waals surface area contributed by atoms with Gasteiger partial charge in [0, 0.05) is 0 Å². The minimum atomic E-state index is -4.36. The van der Waals surface area contributed by atoms with Crippen LogP contribution in [0.25, 0.3) is 11.1 Å². The molecule has 0 aliphatic carbocycles. The highest BCUT2D eigenvalue weighted by atomic mass is 19.4. The zero-order valence-corrected chi connectivity index (χ0v) is 16.7. The number of halogens is 3. The summed E-state index contributed by atoms with van der Waals surface area (Å²) in [5.74, 6) is -0.879. The summed E-state index contributed by atoms with van der Waals surface area (Å²) in [6.45, 7) is 1.83. The Kier molecular flexibility index (Phi) is 6.74. The van der Waals surface area contributed by atoms with Gasteiger partial charge in [0.15, 0.2) is 0 Å². The van der Waals surface area contributed by atoms with Gasteiger partial charge in [0.1, 0.15) is 6.61 Å². The highest BCUT2D eigenvalue weighted by Gasteiger charge is 2.29. The van der Waals surface area contributed by atoms with Crippen molar-refractivity contribution >= 4 is 11.7 Å². The quantitative estimate of drug-likeness (QED) is 0.375. The van der Waals surface area contributed by atoms with Gasteiger partial charge in [-0.1, -0.05) is 65.8 Å². The second-order valence-corrected chi connectivity index (χ2v) is 6.99. The molecule has 3 rings (SSSR count). The number of carbonyl (C=O) groups is 1. The molecule has 0 saturated carbocycles. The molecule has 0 aliphatic heterocycles. The molecule has 160 valence electrons. The van der Waals surface area contributed by atoms with Crippen LogP contribution in [0, 0.1) is 0 Å². The van der Waals surface area contributed by atoms with Crippen LogP contribution in [0.1, 0.15) is 29.2 Å². The number of nitrogens with zero attached hydrogens (tertiary/aromatic N) is 1. The van der Waals surface area contributed by atoms with Crippen LogP contribution < -0.4 is 0 Å². The lowest BCUT2D eigenvalue weighted by Gasteiger charge is -2.08. The van der Waals surface area contributed by atoms with Crippen LogP contribution in [0.2, 0.25) is 0 Å². The molecule has 0 spiro atoms. The number of carboxylic acid groups (broad SMARTS) is 1. The van der Waals surface area contributed by atoms with Crippen molar-refractivity contribution in [3.63, 3.8) is 0 Å². The zero-order valence-electron chi connectivity index (χ0n) is 16.7. The summed E-state index contributed by atoms with van der Waals surface area (Å²) in [5.41, 5.74) is 3.91. The molecule has 3 aromatic carbocycles. The first-order valence-electron chi connectivity index (χ1n) is 9.46. The summed E-state index contributed by atoms with van der Waals surface area (Å²) < 4.78 is 37.8. The van der Waals surface area contributed by atoms with E-state index < -0.39 is 17.7 Å². The van der Waals surface area contributed by atoms with Crippen LogP contribution in [-0.2, 0) is 28.8 Å². The van der Waals surface area contributed by atoms with Crippen LogP contribution in [0.4, 0.5) is 13.2 Å². The minimum absolute atomic E-state index is 0.0338. The van der Waals surface area contributed by atoms with Crippen LogP contribution in [0.15, 0.2) is 78.0 Å². The summed E-state index contributed by atoms with van der Waals surface area (Å²) in [4.78, 5) is 16.2. The topological polar surface area (TPSA) is 58.9 Å². The summed E-state index contributed by atoms with van der Waals surface area (Å²) in [6, 6.07) is 19.7. The number of hydrogen-bond acceptors (Lipinski definition) is 3. The molecule has 0 heterocycles. The lowest BCUT2D eigenvalue weighted by molar-refractivity contribution is -0.138. The molecule has 0 saturated heterocycles. The van der Waals surface area contributed by atoms with Gasteiger partial charge in [-0.05, 0) is 46.9 Å². The molecular formula is C24H20F3NO3. The van der Waals surface area contributed by atoms with E-state index in [-0.39, 0.29) is 13.0 Å². The highest BCUT2D eigenvalue weighted by Crippen LogP contribution is 2.29. The second-order valence-electron chi connectivity index (χ2n) is 6.99. The third kappa shape index (κ3) is 6.18. The predicted octanol–water partition coefficient (Wildman–Crippen LogP) is 5.94. The number of alkyl halides is 3. The number of hydrogen-bond donors (Lipinski definition) is 1. The molecule has 0 atom stereocenters. The van der Waals surface area contributed by atoms with Crippen LogP contribution in [-0.4, -0.2) is 16.8 Å². The van der Waals surface area contributed by atoms with Gasteiger partial charge in [-0.15, -0.1) is 0 Å². The van der Waals surface area contributed by atoms with E-state index in [1.807, 2.05) is 42.5 Å². The maximum absolute atomic E-state index is 12.6. The molecule has 4 nitrogen and oxygen atoms in total. The third-order valence-electron chi connectivity index (χ3n) is 4.63. The minimum Gasteiger partial charge on any atom is -0.481 e. The summed E-state index contributed by atoms with van der Waals surface area (Å²) in [5, 5.41) is 13.0. The first kappa shape index (κ1) is 22.1. The van der Waals surface area contributed by atoms with E-state index in [1.54, 1.807) is 13.0 Å². The lowest BCUT2D eigenvalue weighted by Crippen LogP contribution is -2.04. The van der Waals surface area contributed by atoms with E-state index in [0.29, 0.717) is 11.3 Å². The van der Waals surface area contributed by atoms with E-state index in [9.17, 15) is 18.0 Å². The SMILES string of the molecule is CC(=NOCc1ccc(C(F)(F)F)cc1)c1ccc(-c2cccc(CC(=O)O)c2)cc1. The van der Waals surface area contributed by atoms with Crippen molar-refractivity contribution in [1.29, 1.82) is 0 Å². The van der Waals surface area contributed by atoms with E-state index in [1.165, 1.54) is 12.1 Å². The Labute approximate surface area is 177 Å². The molecule has 31 heavy (non-hydrogen) atoms. The predicted molar refractivity (Wildman–Crippen MR) is 112 cm³/mol. The molecule has 0 bridgehead atoms. The molecule has 3 aromatic rings. The molecule has 0 amide bonds. The molecule has 0 aliphatic rings. The van der Waals surface area contributed by atoms with Gasteiger partial charge >= 0.3 is 12.1 Å². The van der Waals surface area contributed by atoms with Crippen molar-refractivity contribution in [1.82, 2.24) is 0 Å². The summed E-state index contributed by atoms with van der Waals surface area (Å²) in [7, 11) is 0. The number of oxime groups is 1. The van der Waals surface area contributed by atoms with Gasteiger partial charge in [0.2, 0.25) is 0 Å². The normalized spacial score (nSPS) is 11.9. The number of rotatable bonds is 7. The summed E-state index contributed by atoms with van der Waals surface area (Å²) in [6.07, 6.45) is -4.40. The lowest BCUT2D eigenvalue weighted by atomic mass is 10.00. The third-order valence-corrected chi connectivity index (χ3v) is 4.63. The van der Waals surface area contributed by atoms with E-state index in [2.05, 4.69) is 5.16 Å². The molecule has 7 heteroatoms. The Morgan fingerprint density at radius 2 is 1.61 bits per heavy atom. The van der Waals surface area contributed by atoms with Crippen LogP contribution >= 0.6 is 0 Å². The van der Waals surface area contributed by atoms with Gasteiger partial charge in [-0.25, -0.2) is 0 Å². The van der Waals surface area contributed by atoms with Crippen molar-refractivity contribution in [3.8, 4) is 11.1 Å². The van der Waals surface area contributed by atoms with E-state index in [0.717, 1.165) is 34.4 Å². The standard InChI is InChI=1S/C24H20F3NO3/c1-16(28-31-15-17-5-11-22(12-6-17)24(25,26)27)19-7-9-20(10-8-19)21-4-2-3-18(13-21)14-23(29)30/h2-13H,14-15H2,1H3,(H,29,30). The number of aliphatic carboxylic acids is 1. The van der Waals surface area contributed by atoms with Crippen molar-refractivity contribution in [2.45, 2.75) is 26.1 Å². The molecular weight excluding hydrogens is 407 g/mol. The maximum Gasteiger partial charge on any atom is 0.416 e. The Balaban J connectivity index is 1.63. The molecule has 0 aromatic heterocycles. The van der Waals surface area contributed by atoms with Crippen molar-refractivity contribution in [3.05, 3.63) is 95.1 Å². The molecule has 0 fully saturated rings. The number of carboxylic acids is 1. The maximum atomic E-state index is 12.6. The van der Waals surface area contributed by atoms with Crippen LogP contribution in [0.5, 0.6) is 0 Å². The average Bonchev–Trinajstić information content (AvgIpc) is 2.73. The Morgan fingerprint density at radius 1 is 0.935 bits per heavy atom. The Morgan fingerprint density at radius 3 is 2.23 bits per heavy atom. The summed E-state index contributed by atoms with van der Waals surface area (Å²) >= 11 is 0. The van der Waals surface area contributed by atoms with Gasteiger partial charge < -0.3 is 9.94 Å². The molecule has 0 radical (unpaired) electrons. The van der Waals surface area contributed by atoms with Crippen LogP contribution in [0.3, 0.4) is 0 Å². The number of benzene rings is 3. The van der Waals surface area contributed by atoms with Gasteiger partial charge in [0.05, 0.1) is 17.7 Å². The highest BCUT2D eigenvalue weighted by molar-refractivity contribution is 5.98. The second kappa shape index (κ2) is 9.47. The van der Waals surface area contributed by atoms with E-state index in [4.69, 9.17) is 9.94 Å². The first-order chi connectivity index (χ1) is 14.7. The Hall–Kier alpha value is -3.61. The molecule has 0 unspecified atom stereocenters. The van der Waals surface area contributed by atoms with Crippen molar-refractivity contribution in [2.24, 2.45) is 5.16 Å². The van der Waals surface area contributed by atoms with Crippen molar-refractivity contribution in [2.75, 3.05) is 0 Å². The fourth-order valence-electron chi connectivity index (χ4n) is 2.99. The van der Waals surface area contributed by atoms with E-state index >= 15 is 0 Å². The first-order valence-corrected chi connectivity index (χ1v) is 9.46. The fourth-order valence-corrected chi connectivity index (χ4v) is 2.99. The smallest absolute Gasteiger partial charge is 0.416 e. The fraction of sp³-hybridized carbons (Fsp3) is 0.167. The Bertz CT molecular complexity index is 1070. The zero-order chi connectivity index (χ0) is 22.4. The monoisotopic (exact) mass is 427 g/mol. The van der Waals surface area contributed by atoms with Crippen molar-refractivity contribution < 1.29 is 27.9 Å². The average molecular weight is 427 g/mol.